The van der Waals surface area contributed by atoms with Crippen molar-refractivity contribution in [2.45, 2.75) is 57.8 Å². The summed E-state index contributed by atoms with van der Waals surface area (Å²) in [5.41, 5.74) is 0. The minimum Gasteiger partial charge on any atom is -0.505 e. The first-order valence-corrected chi connectivity index (χ1v) is 8.74. The SMILES string of the molecule is CCCC(=O)OCC(O)COC1=C(O)[C@@H]([C@@H](O)COC(=O)CCC)OC1=O. The van der Waals surface area contributed by atoms with E-state index in [1.807, 2.05) is 0 Å². The number of ether oxygens (including phenoxy) is 4. The van der Waals surface area contributed by atoms with E-state index in [9.17, 15) is 29.7 Å². The van der Waals surface area contributed by atoms with Crippen molar-refractivity contribution in [2.75, 3.05) is 19.8 Å². The molecule has 0 spiro atoms. The predicted molar refractivity (Wildman–Crippen MR) is 89.2 cm³/mol. The molecule has 1 heterocycles. The Kier molecular flexibility index (Phi) is 9.59. The van der Waals surface area contributed by atoms with Crippen LogP contribution in [0, 0.1) is 0 Å². The van der Waals surface area contributed by atoms with Crippen LogP contribution < -0.4 is 0 Å². The Morgan fingerprint density at radius 1 is 1.04 bits per heavy atom. The Morgan fingerprint density at radius 3 is 2.15 bits per heavy atom. The highest BCUT2D eigenvalue weighted by Crippen LogP contribution is 2.24. The molecule has 27 heavy (non-hydrogen) atoms. The van der Waals surface area contributed by atoms with Crippen molar-refractivity contribution in [3.8, 4) is 0 Å². The standard InChI is InChI=1S/C17H26O10/c1-3-5-12(20)24-7-10(18)8-26-16-14(22)15(27-17(16)23)11(19)9-25-13(21)6-4-2/h10-11,15,18-19,22H,3-9H2,1-2H3/t10?,11-,15+/m0/s1. The molecule has 10 nitrogen and oxygen atoms in total. The number of aliphatic hydroxyl groups is 3. The molecule has 0 bridgehead atoms. The lowest BCUT2D eigenvalue weighted by molar-refractivity contribution is -0.155. The first kappa shape index (κ1) is 22.7. The minimum atomic E-state index is -1.48. The maximum Gasteiger partial charge on any atom is 0.378 e. The second-order valence-corrected chi connectivity index (χ2v) is 5.94. The molecule has 1 unspecified atom stereocenters. The van der Waals surface area contributed by atoms with Crippen LogP contribution >= 0.6 is 0 Å². The van der Waals surface area contributed by atoms with Gasteiger partial charge in [-0.2, -0.15) is 0 Å². The Morgan fingerprint density at radius 2 is 1.59 bits per heavy atom. The van der Waals surface area contributed by atoms with Crippen molar-refractivity contribution < 1.29 is 48.7 Å². The van der Waals surface area contributed by atoms with Crippen LogP contribution in [-0.2, 0) is 33.3 Å². The van der Waals surface area contributed by atoms with E-state index in [1.165, 1.54) is 0 Å². The zero-order chi connectivity index (χ0) is 20.4. The number of hydrogen-bond donors (Lipinski definition) is 3. The number of carbonyl (C=O) groups excluding carboxylic acids is 3. The molecule has 0 radical (unpaired) electrons. The molecule has 0 aromatic carbocycles. The third kappa shape index (κ3) is 7.43. The number of hydrogen-bond acceptors (Lipinski definition) is 10. The number of esters is 3. The largest absolute Gasteiger partial charge is 0.505 e. The van der Waals surface area contributed by atoms with E-state index in [-0.39, 0.29) is 19.4 Å². The number of carbonyl (C=O) groups is 3. The summed E-state index contributed by atoms with van der Waals surface area (Å²) in [7, 11) is 0. The van der Waals surface area contributed by atoms with Gasteiger partial charge < -0.3 is 34.3 Å². The fourth-order valence-corrected chi connectivity index (χ4v) is 2.09. The first-order chi connectivity index (χ1) is 12.8. The molecule has 0 aliphatic carbocycles. The van der Waals surface area contributed by atoms with Crippen molar-refractivity contribution in [2.24, 2.45) is 0 Å². The number of rotatable bonds is 12. The van der Waals surface area contributed by atoms with Gasteiger partial charge in [0.2, 0.25) is 5.76 Å². The van der Waals surface area contributed by atoms with Gasteiger partial charge in [-0.05, 0) is 12.8 Å². The predicted octanol–water partition coefficient (Wildman–Crippen LogP) is 0.106. The normalized spacial score (nSPS) is 18.7. The van der Waals surface area contributed by atoms with Gasteiger partial charge in [-0.25, -0.2) is 4.79 Å². The van der Waals surface area contributed by atoms with Gasteiger partial charge in [-0.3, -0.25) is 9.59 Å². The third-order valence-electron chi connectivity index (χ3n) is 3.45. The van der Waals surface area contributed by atoms with E-state index in [2.05, 4.69) is 0 Å². The van der Waals surface area contributed by atoms with Gasteiger partial charge >= 0.3 is 17.9 Å². The molecule has 0 amide bonds. The van der Waals surface area contributed by atoms with E-state index in [4.69, 9.17) is 18.9 Å². The Labute approximate surface area is 156 Å². The molecule has 3 N–H and O–H groups in total. The monoisotopic (exact) mass is 390 g/mol. The highest BCUT2D eigenvalue weighted by molar-refractivity contribution is 5.89. The van der Waals surface area contributed by atoms with E-state index >= 15 is 0 Å². The van der Waals surface area contributed by atoms with Gasteiger partial charge in [0.05, 0.1) is 0 Å². The highest BCUT2D eigenvalue weighted by atomic mass is 16.6. The molecular formula is C17H26O10. The third-order valence-corrected chi connectivity index (χ3v) is 3.45. The molecule has 0 saturated heterocycles. The van der Waals surface area contributed by atoms with Crippen LogP contribution in [0.2, 0.25) is 0 Å². The molecule has 154 valence electrons. The molecule has 0 aromatic rings. The summed E-state index contributed by atoms with van der Waals surface area (Å²) in [6.45, 7) is 2.35. The zero-order valence-electron chi connectivity index (χ0n) is 15.4. The van der Waals surface area contributed by atoms with Crippen LogP contribution in [0.15, 0.2) is 11.5 Å². The van der Waals surface area contributed by atoms with Crippen molar-refractivity contribution in [3.05, 3.63) is 11.5 Å². The Hall–Kier alpha value is -2.33. The van der Waals surface area contributed by atoms with Crippen LogP contribution in [0.25, 0.3) is 0 Å². The van der Waals surface area contributed by atoms with Gasteiger partial charge in [0.25, 0.3) is 0 Å². The molecule has 1 aliphatic rings. The van der Waals surface area contributed by atoms with Crippen molar-refractivity contribution in [1.82, 2.24) is 0 Å². The molecule has 1 rings (SSSR count). The van der Waals surface area contributed by atoms with Crippen LogP contribution in [-0.4, -0.2) is 71.4 Å². The topological polar surface area (TPSA) is 149 Å². The molecule has 0 fully saturated rings. The lowest BCUT2D eigenvalue weighted by atomic mass is 10.2. The Bertz CT molecular complexity index is 556. The van der Waals surface area contributed by atoms with Gasteiger partial charge in [0.15, 0.2) is 11.9 Å². The molecule has 3 atom stereocenters. The lowest BCUT2D eigenvalue weighted by Crippen LogP contribution is -2.33. The summed E-state index contributed by atoms with van der Waals surface area (Å²) in [5, 5.41) is 29.6. The van der Waals surface area contributed by atoms with Crippen molar-refractivity contribution >= 4 is 17.9 Å². The summed E-state index contributed by atoms with van der Waals surface area (Å²) in [6.07, 6.45) is -2.57. The van der Waals surface area contributed by atoms with E-state index in [0.717, 1.165) is 0 Å². The van der Waals surface area contributed by atoms with E-state index in [0.29, 0.717) is 12.8 Å². The van der Waals surface area contributed by atoms with E-state index in [1.54, 1.807) is 13.8 Å². The van der Waals surface area contributed by atoms with Crippen LogP contribution in [0.3, 0.4) is 0 Å². The number of aliphatic hydroxyl groups excluding tert-OH is 3. The first-order valence-electron chi connectivity index (χ1n) is 8.74. The lowest BCUT2D eigenvalue weighted by Gasteiger charge is -2.17. The molecule has 10 heteroatoms. The second kappa shape index (κ2) is 11.4. The molecule has 0 aromatic heterocycles. The smallest absolute Gasteiger partial charge is 0.378 e. The van der Waals surface area contributed by atoms with Gasteiger partial charge in [0, 0.05) is 12.8 Å². The minimum absolute atomic E-state index is 0.175. The zero-order valence-corrected chi connectivity index (χ0v) is 15.4. The maximum absolute atomic E-state index is 11.8. The van der Waals surface area contributed by atoms with Crippen LogP contribution in [0.4, 0.5) is 0 Å². The molecule has 0 saturated carbocycles. The van der Waals surface area contributed by atoms with Gasteiger partial charge in [-0.1, -0.05) is 13.8 Å². The molecular weight excluding hydrogens is 364 g/mol. The summed E-state index contributed by atoms with van der Waals surface area (Å²) in [6, 6.07) is 0. The summed E-state index contributed by atoms with van der Waals surface area (Å²) >= 11 is 0. The summed E-state index contributed by atoms with van der Waals surface area (Å²) in [4.78, 5) is 34.3. The summed E-state index contributed by atoms with van der Waals surface area (Å²) in [5.74, 6) is -3.28. The summed E-state index contributed by atoms with van der Waals surface area (Å²) < 4.78 is 19.4. The van der Waals surface area contributed by atoms with Gasteiger partial charge in [-0.15, -0.1) is 0 Å². The van der Waals surface area contributed by atoms with E-state index < -0.39 is 61.0 Å². The van der Waals surface area contributed by atoms with Gasteiger partial charge in [0.1, 0.15) is 32.0 Å². The maximum atomic E-state index is 11.8. The second-order valence-electron chi connectivity index (χ2n) is 5.94. The van der Waals surface area contributed by atoms with Crippen LogP contribution in [0.1, 0.15) is 39.5 Å². The molecule has 1 aliphatic heterocycles. The fraction of sp³-hybridized carbons (Fsp3) is 0.706. The fourth-order valence-electron chi connectivity index (χ4n) is 2.09. The van der Waals surface area contributed by atoms with Crippen LogP contribution in [0.5, 0.6) is 0 Å². The quantitative estimate of drug-likeness (QED) is 0.309. The number of cyclic esters (lactones) is 1. The average molecular weight is 390 g/mol. The highest BCUT2D eigenvalue weighted by Gasteiger charge is 2.41. The van der Waals surface area contributed by atoms with Crippen molar-refractivity contribution in [1.29, 1.82) is 0 Å². The Balaban J connectivity index is 2.50. The average Bonchev–Trinajstić information content (AvgIpc) is 2.90. The van der Waals surface area contributed by atoms with Crippen molar-refractivity contribution in [3.63, 3.8) is 0 Å².